The fourth-order valence-corrected chi connectivity index (χ4v) is 1.81. The van der Waals surface area contributed by atoms with Gasteiger partial charge in [-0.1, -0.05) is 15.9 Å². The third kappa shape index (κ3) is 2.76. The van der Waals surface area contributed by atoms with Crippen LogP contribution in [0.1, 0.15) is 30.1 Å². The number of hydrogen-bond acceptors (Lipinski definition) is 2. The van der Waals surface area contributed by atoms with Crippen molar-refractivity contribution in [1.82, 2.24) is 5.32 Å². The Balaban J connectivity index is 2.20. The van der Waals surface area contributed by atoms with Crippen molar-refractivity contribution in [2.45, 2.75) is 25.8 Å². The van der Waals surface area contributed by atoms with Crippen LogP contribution in [0.15, 0.2) is 22.7 Å². The maximum Gasteiger partial charge on any atom is 0.255 e. The summed E-state index contributed by atoms with van der Waals surface area (Å²) in [5.74, 6) is 0.594. The molecule has 0 atom stereocenters. The second-order valence-electron chi connectivity index (χ2n) is 3.82. The Morgan fingerprint density at radius 1 is 1.56 bits per heavy atom. The maximum atomic E-state index is 11.9. The highest BCUT2D eigenvalue weighted by Crippen LogP contribution is 2.25. The molecule has 1 N–H and O–H groups in total. The number of benzene rings is 1. The first kappa shape index (κ1) is 11.5. The first-order valence-corrected chi connectivity index (χ1v) is 6.23. The molecule has 3 nitrogen and oxygen atoms in total. The quantitative estimate of drug-likeness (QED) is 0.923. The molecule has 0 bridgehead atoms. The van der Waals surface area contributed by atoms with Crippen LogP contribution in [0.3, 0.4) is 0 Å². The summed E-state index contributed by atoms with van der Waals surface area (Å²) in [4.78, 5) is 11.9. The number of rotatable bonds is 4. The minimum atomic E-state index is -0.0488. The lowest BCUT2D eigenvalue weighted by Crippen LogP contribution is -2.25. The Labute approximate surface area is 103 Å². The highest BCUT2D eigenvalue weighted by atomic mass is 79.9. The van der Waals surface area contributed by atoms with E-state index in [2.05, 4.69) is 21.2 Å². The Kier molecular flexibility index (Phi) is 3.49. The van der Waals surface area contributed by atoms with Crippen molar-refractivity contribution in [2.24, 2.45) is 0 Å². The molecule has 16 heavy (non-hydrogen) atoms. The van der Waals surface area contributed by atoms with Crippen LogP contribution >= 0.6 is 15.9 Å². The van der Waals surface area contributed by atoms with E-state index >= 15 is 0 Å². The van der Waals surface area contributed by atoms with Gasteiger partial charge in [-0.25, -0.2) is 0 Å². The number of nitrogens with one attached hydrogen (secondary N) is 1. The predicted molar refractivity (Wildman–Crippen MR) is 65.8 cm³/mol. The van der Waals surface area contributed by atoms with Crippen LogP contribution in [0, 0.1) is 0 Å². The highest BCUT2D eigenvalue weighted by molar-refractivity contribution is 9.10. The summed E-state index contributed by atoms with van der Waals surface area (Å²) in [6, 6.07) is 5.85. The summed E-state index contributed by atoms with van der Waals surface area (Å²) in [6.45, 7) is 2.47. The summed E-state index contributed by atoms with van der Waals surface area (Å²) in [6.07, 6.45) is 2.17. The van der Waals surface area contributed by atoms with Crippen LogP contribution in [-0.4, -0.2) is 18.6 Å². The molecule has 0 aliphatic heterocycles. The van der Waals surface area contributed by atoms with Crippen LogP contribution in [0.5, 0.6) is 5.75 Å². The summed E-state index contributed by atoms with van der Waals surface area (Å²) in [5, 5.41) is 2.96. The average Bonchev–Trinajstić information content (AvgIpc) is 3.05. The van der Waals surface area contributed by atoms with Gasteiger partial charge in [0.15, 0.2) is 0 Å². The molecule has 0 spiro atoms. The van der Waals surface area contributed by atoms with E-state index in [-0.39, 0.29) is 5.91 Å². The van der Waals surface area contributed by atoms with Crippen LogP contribution in [0.2, 0.25) is 0 Å². The van der Waals surface area contributed by atoms with Gasteiger partial charge in [0.2, 0.25) is 0 Å². The Bertz CT molecular complexity index is 402. The zero-order valence-corrected chi connectivity index (χ0v) is 10.7. The van der Waals surface area contributed by atoms with Crippen molar-refractivity contribution in [3.8, 4) is 5.75 Å². The fourth-order valence-electron chi connectivity index (χ4n) is 1.45. The minimum Gasteiger partial charge on any atom is -0.493 e. The van der Waals surface area contributed by atoms with Crippen LogP contribution in [0.25, 0.3) is 0 Å². The van der Waals surface area contributed by atoms with Gasteiger partial charge in [-0.05, 0) is 38.0 Å². The molecule has 0 saturated heterocycles. The Morgan fingerprint density at radius 3 is 2.94 bits per heavy atom. The van der Waals surface area contributed by atoms with E-state index in [9.17, 15) is 4.79 Å². The normalized spacial score (nSPS) is 14.6. The molecule has 1 aromatic rings. The van der Waals surface area contributed by atoms with Crippen molar-refractivity contribution in [2.75, 3.05) is 6.61 Å². The van der Waals surface area contributed by atoms with Gasteiger partial charge in [0.25, 0.3) is 5.91 Å². The van der Waals surface area contributed by atoms with Crippen LogP contribution < -0.4 is 10.1 Å². The molecule has 2 rings (SSSR count). The van der Waals surface area contributed by atoms with Gasteiger partial charge in [-0.2, -0.15) is 0 Å². The van der Waals surface area contributed by atoms with Crippen LogP contribution in [0.4, 0.5) is 0 Å². The van der Waals surface area contributed by atoms with E-state index in [0.717, 1.165) is 17.3 Å². The van der Waals surface area contributed by atoms with Gasteiger partial charge < -0.3 is 10.1 Å². The monoisotopic (exact) mass is 283 g/mol. The number of carbonyl (C=O) groups excluding carboxylic acids is 1. The smallest absolute Gasteiger partial charge is 0.255 e. The lowest BCUT2D eigenvalue weighted by molar-refractivity contribution is 0.0947. The number of hydrogen-bond donors (Lipinski definition) is 1. The number of ether oxygens (including phenoxy) is 1. The fraction of sp³-hybridized carbons (Fsp3) is 0.417. The third-order valence-electron chi connectivity index (χ3n) is 2.40. The largest absolute Gasteiger partial charge is 0.493 e. The lowest BCUT2D eigenvalue weighted by Gasteiger charge is -2.10. The van der Waals surface area contributed by atoms with Crippen molar-refractivity contribution >= 4 is 21.8 Å². The standard InChI is InChI=1S/C12H14BrNO2/c1-2-16-11-6-3-8(13)7-10(11)12(15)14-9-4-5-9/h3,6-7,9H,2,4-5H2,1H3,(H,14,15). The lowest BCUT2D eigenvalue weighted by atomic mass is 10.2. The average molecular weight is 284 g/mol. The minimum absolute atomic E-state index is 0.0488. The number of carbonyl (C=O) groups is 1. The molecule has 1 fully saturated rings. The molecule has 4 heteroatoms. The molecule has 1 amide bonds. The van der Waals surface area contributed by atoms with Gasteiger partial charge in [0.05, 0.1) is 12.2 Å². The Hall–Kier alpha value is -1.03. The molecular weight excluding hydrogens is 270 g/mol. The SMILES string of the molecule is CCOc1ccc(Br)cc1C(=O)NC1CC1. The van der Waals surface area contributed by atoms with Crippen molar-refractivity contribution < 1.29 is 9.53 Å². The molecule has 1 aromatic carbocycles. The molecule has 0 radical (unpaired) electrons. The van der Waals surface area contributed by atoms with E-state index in [0.29, 0.717) is 24.0 Å². The van der Waals surface area contributed by atoms with Crippen molar-refractivity contribution in [1.29, 1.82) is 0 Å². The number of amides is 1. The number of halogens is 1. The summed E-state index contributed by atoms with van der Waals surface area (Å²) < 4.78 is 6.32. The van der Waals surface area contributed by atoms with Gasteiger partial charge >= 0.3 is 0 Å². The molecule has 0 aromatic heterocycles. The predicted octanol–water partition coefficient (Wildman–Crippen LogP) is 2.74. The Morgan fingerprint density at radius 2 is 2.31 bits per heavy atom. The molecule has 86 valence electrons. The highest BCUT2D eigenvalue weighted by Gasteiger charge is 2.25. The molecule has 0 unspecified atom stereocenters. The van der Waals surface area contributed by atoms with Gasteiger partial charge in [-0.15, -0.1) is 0 Å². The summed E-state index contributed by atoms with van der Waals surface area (Å²) in [5.41, 5.74) is 0.600. The zero-order valence-electron chi connectivity index (χ0n) is 9.13. The van der Waals surface area contributed by atoms with Gasteiger partial charge in [-0.3, -0.25) is 4.79 Å². The van der Waals surface area contributed by atoms with E-state index in [1.165, 1.54) is 0 Å². The molecule has 1 saturated carbocycles. The summed E-state index contributed by atoms with van der Waals surface area (Å²) >= 11 is 3.36. The van der Waals surface area contributed by atoms with E-state index < -0.39 is 0 Å². The third-order valence-corrected chi connectivity index (χ3v) is 2.89. The molecule has 1 aliphatic rings. The maximum absolute atomic E-state index is 11.9. The molecular formula is C12H14BrNO2. The van der Waals surface area contributed by atoms with Crippen LogP contribution in [-0.2, 0) is 0 Å². The second kappa shape index (κ2) is 4.87. The first-order valence-electron chi connectivity index (χ1n) is 5.44. The van der Waals surface area contributed by atoms with E-state index in [1.807, 2.05) is 19.1 Å². The summed E-state index contributed by atoms with van der Waals surface area (Å²) in [7, 11) is 0. The topological polar surface area (TPSA) is 38.3 Å². The van der Waals surface area contributed by atoms with Gasteiger partial charge in [0, 0.05) is 10.5 Å². The molecule has 1 aliphatic carbocycles. The van der Waals surface area contributed by atoms with Crippen molar-refractivity contribution in [3.05, 3.63) is 28.2 Å². The van der Waals surface area contributed by atoms with Crippen molar-refractivity contribution in [3.63, 3.8) is 0 Å². The van der Waals surface area contributed by atoms with E-state index in [4.69, 9.17) is 4.74 Å². The van der Waals surface area contributed by atoms with E-state index in [1.54, 1.807) is 6.07 Å². The second-order valence-corrected chi connectivity index (χ2v) is 4.74. The first-order chi connectivity index (χ1) is 7.70. The molecule has 0 heterocycles. The van der Waals surface area contributed by atoms with Gasteiger partial charge in [0.1, 0.15) is 5.75 Å². The zero-order chi connectivity index (χ0) is 11.5.